The molecule has 0 aliphatic carbocycles. The van der Waals surface area contributed by atoms with Crippen molar-refractivity contribution in [1.82, 2.24) is 14.8 Å². The van der Waals surface area contributed by atoms with E-state index in [1.807, 2.05) is 48.2 Å². The van der Waals surface area contributed by atoms with Crippen molar-refractivity contribution in [3.05, 3.63) is 89.1 Å². The van der Waals surface area contributed by atoms with E-state index >= 15 is 0 Å². The van der Waals surface area contributed by atoms with Crippen molar-refractivity contribution in [1.29, 1.82) is 0 Å². The lowest BCUT2D eigenvalue weighted by Crippen LogP contribution is -2.47. The van der Waals surface area contributed by atoms with Crippen LogP contribution < -0.4 is 15.4 Å². The number of aryl methyl sites for hydroxylation is 1. The Bertz CT molecular complexity index is 1670. The molecule has 0 bridgehead atoms. The number of piperazine rings is 1. The molecule has 0 unspecified atom stereocenters. The smallest absolute Gasteiger partial charge is 0.257 e. The van der Waals surface area contributed by atoms with Gasteiger partial charge in [-0.05, 0) is 81.3 Å². The summed E-state index contributed by atoms with van der Waals surface area (Å²) < 4.78 is 11.5. The van der Waals surface area contributed by atoms with Gasteiger partial charge in [-0.15, -0.1) is 0 Å². The number of anilines is 2. The van der Waals surface area contributed by atoms with Gasteiger partial charge in [-0.25, -0.2) is 0 Å². The van der Waals surface area contributed by atoms with Crippen molar-refractivity contribution in [3.63, 3.8) is 0 Å². The molecule has 0 radical (unpaired) electrons. The van der Waals surface area contributed by atoms with Gasteiger partial charge in [-0.3, -0.25) is 14.4 Å². The van der Waals surface area contributed by atoms with Crippen molar-refractivity contribution in [2.24, 2.45) is 0 Å². The van der Waals surface area contributed by atoms with Crippen molar-refractivity contribution in [3.8, 4) is 5.75 Å². The van der Waals surface area contributed by atoms with Crippen LogP contribution in [0.2, 0.25) is 0 Å². The molecule has 1 aromatic heterocycles. The Kier molecular flexibility index (Phi) is 11.1. The van der Waals surface area contributed by atoms with Crippen LogP contribution in [0.3, 0.4) is 0 Å². The molecule has 0 spiro atoms. The van der Waals surface area contributed by atoms with Crippen LogP contribution in [0.1, 0.15) is 57.5 Å². The first-order valence-corrected chi connectivity index (χ1v) is 15.8. The molecule has 1 aliphatic heterocycles. The van der Waals surface area contributed by atoms with E-state index in [9.17, 15) is 14.4 Å². The molecule has 0 atom stereocenters. The lowest BCUT2D eigenvalue weighted by Gasteiger charge is -2.32. The number of rotatable bonds is 13. The highest BCUT2D eigenvalue weighted by Crippen LogP contribution is 2.28. The number of nitrogens with one attached hydrogen (secondary N) is 3. The van der Waals surface area contributed by atoms with Crippen molar-refractivity contribution in [2.75, 3.05) is 57.6 Å². The molecule has 2 heterocycles. The number of amides is 3. The van der Waals surface area contributed by atoms with Crippen LogP contribution in [0.25, 0.3) is 10.9 Å². The molecule has 3 aromatic carbocycles. The molecule has 4 aromatic rings. The number of aromatic amines is 1. The summed E-state index contributed by atoms with van der Waals surface area (Å²) in [4.78, 5) is 46.4. The van der Waals surface area contributed by atoms with E-state index in [0.717, 1.165) is 61.9 Å². The molecule has 3 N–H and O–H groups in total. The van der Waals surface area contributed by atoms with Crippen LogP contribution in [0.15, 0.2) is 66.9 Å². The first kappa shape index (κ1) is 32.7. The zero-order chi connectivity index (χ0) is 32.5. The Morgan fingerprint density at radius 3 is 2.46 bits per heavy atom. The highest BCUT2D eigenvalue weighted by Gasteiger charge is 2.19. The number of ether oxygens (including phenoxy) is 2. The fraction of sp³-hybridized carbons (Fsp3) is 0.361. The molecule has 0 saturated carbocycles. The molecule has 3 amide bonds. The predicted molar refractivity (Wildman–Crippen MR) is 181 cm³/mol. The molecule has 1 saturated heterocycles. The zero-order valence-corrected chi connectivity index (χ0v) is 26.9. The van der Waals surface area contributed by atoms with Gasteiger partial charge in [0.15, 0.2) is 0 Å². The van der Waals surface area contributed by atoms with Gasteiger partial charge in [0.25, 0.3) is 11.8 Å². The Morgan fingerprint density at radius 2 is 1.65 bits per heavy atom. The number of H-pyrrole nitrogens is 1. The van der Waals surface area contributed by atoms with Crippen LogP contribution in [0.5, 0.6) is 5.75 Å². The predicted octanol–water partition coefficient (Wildman–Crippen LogP) is 5.84. The van der Waals surface area contributed by atoms with Crippen LogP contribution in [0.4, 0.5) is 11.4 Å². The number of para-hydroxylation sites is 1. The summed E-state index contributed by atoms with van der Waals surface area (Å²) in [7, 11) is 3.65. The number of hydrogen-bond acceptors (Lipinski definition) is 6. The highest BCUT2D eigenvalue weighted by atomic mass is 16.5. The van der Waals surface area contributed by atoms with Gasteiger partial charge in [0.1, 0.15) is 5.75 Å². The number of methoxy groups -OCH3 is 1. The molecule has 5 rings (SSSR count). The number of hydrogen-bond donors (Lipinski definition) is 3. The van der Waals surface area contributed by atoms with Gasteiger partial charge < -0.3 is 34.9 Å². The lowest BCUT2D eigenvalue weighted by molar-refractivity contribution is -0.132. The van der Waals surface area contributed by atoms with Crippen LogP contribution >= 0.6 is 0 Å². The van der Waals surface area contributed by atoms with Gasteiger partial charge in [-0.1, -0.05) is 18.2 Å². The topological polar surface area (TPSA) is 116 Å². The van der Waals surface area contributed by atoms with E-state index in [2.05, 4.69) is 27.6 Å². The first-order valence-electron chi connectivity index (χ1n) is 15.8. The number of fused-ring (bicyclic) bond motifs is 1. The number of carbonyl (C=O) groups excluding carboxylic acids is 3. The SMILES string of the molecule is COCc1cc(C(=O)Nc2ccc(C)cc2OCCCCCC(=O)N2CCN(C)CC2)ccc1NC(=O)c1cccc2cc[nH]c12. The minimum atomic E-state index is -0.303. The standard InChI is InChI=1S/C36H43N5O5/c1-25-11-13-31(32(22-25)46-21-6-4-5-10-33(42)41-19-17-40(2)18-20-41)39-35(43)27-12-14-30(28(23-27)24-45-3)38-36(44)29-9-7-8-26-15-16-37-34(26)29/h7-9,11-16,22-23,37H,4-6,10,17-21,24H2,1-3H3,(H,38,44)(H,39,43). The number of benzene rings is 3. The number of unbranched alkanes of at least 4 members (excludes halogenated alkanes) is 2. The van der Waals surface area contributed by atoms with Crippen molar-refractivity contribution >= 4 is 40.0 Å². The first-order chi connectivity index (χ1) is 22.3. The number of likely N-dealkylation sites (N-methyl/N-ethyl adjacent to an activating group) is 1. The molecule has 10 heteroatoms. The minimum absolute atomic E-state index is 0.212. The average Bonchev–Trinajstić information content (AvgIpc) is 3.54. The fourth-order valence-electron chi connectivity index (χ4n) is 5.59. The van der Waals surface area contributed by atoms with E-state index in [-0.39, 0.29) is 24.3 Å². The molecular weight excluding hydrogens is 582 g/mol. The van der Waals surface area contributed by atoms with Crippen molar-refractivity contribution < 1.29 is 23.9 Å². The Labute approximate surface area is 270 Å². The van der Waals surface area contributed by atoms with E-state index in [0.29, 0.717) is 46.8 Å². The maximum Gasteiger partial charge on any atom is 0.257 e. The summed E-state index contributed by atoms with van der Waals surface area (Å²) in [5.41, 5.74) is 4.54. The monoisotopic (exact) mass is 625 g/mol. The zero-order valence-electron chi connectivity index (χ0n) is 26.9. The lowest BCUT2D eigenvalue weighted by atomic mass is 10.1. The molecular formula is C36H43N5O5. The van der Waals surface area contributed by atoms with E-state index in [4.69, 9.17) is 9.47 Å². The molecule has 242 valence electrons. The van der Waals surface area contributed by atoms with Gasteiger partial charge in [0.2, 0.25) is 5.91 Å². The molecule has 1 aliphatic rings. The molecule has 1 fully saturated rings. The van der Waals surface area contributed by atoms with Crippen LogP contribution in [0, 0.1) is 6.92 Å². The van der Waals surface area contributed by atoms with Crippen LogP contribution in [-0.4, -0.2) is 79.4 Å². The van der Waals surface area contributed by atoms with Gasteiger partial charge in [0, 0.05) is 68.1 Å². The highest BCUT2D eigenvalue weighted by molar-refractivity contribution is 6.12. The second kappa shape index (κ2) is 15.6. The maximum atomic E-state index is 13.4. The summed E-state index contributed by atoms with van der Waals surface area (Å²) in [6, 6.07) is 18.3. The number of carbonyl (C=O) groups is 3. The Hall–Kier alpha value is -4.67. The van der Waals surface area contributed by atoms with E-state index < -0.39 is 0 Å². The summed E-state index contributed by atoms with van der Waals surface area (Å²) in [5, 5.41) is 6.91. The normalized spacial score (nSPS) is 13.5. The summed E-state index contributed by atoms with van der Waals surface area (Å²) in [6.45, 7) is 6.14. The van der Waals surface area contributed by atoms with Crippen LogP contribution in [-0.2, 0) is 16.1 Å². The Balaban J connectivity index is 1.17. The second-order valence-electron chi connectivity index (χ2n) is 11.8. The Morgan fingerprint density at radius 1 is 0.870 bits per heavy atom. The quantitative estimate of drug-likeness (QED) is 0.161. The van der Waals surface area contributed by atoms with E-state index in [1.54, 1.807) is 37.6 Å². The number of aromatic nitrogens is 1. The second-order valence-corrected chi connectivity index (χ2v) is 11.8. The van der Waals surface area contributed by atoms with Crippen molar-refractivity contribution in [2.45, 2.75) is 39.2 Å². The molecule has 10 nitrogen and oxygen atoms in total. The van der Waals surface area contributed by atoms with Gasteiger partial charge in [0.05, 0.1) is 30.0 Å². The third kappa shape index (κ3) is 8.32. The largest absolute Gasteiger partial charge is 0.491 e. The third-order valence-electron chi connectivity index (χ3n) is 8.28. The fourth-order valence-corrected chi connectivity index (χ4v) is 5.59. The maximum absolute atomic E-state index is 13.4. The minimum Gasteiger partial charge on any atom is -0.491 e. The summed E-state index contributed by atoms with van der Waals surface area (Å²) in [5.74, 6) is 0.269. The number of nitrogens with zero attached hydrogens (tertiary/aromatic N) is 2. The third-order valence-corrected chi connectivity index (χ3v) is 8.28. The van der Waals surface area contributed by atoms with E-state index in [1.165, 1.54) is 0 Å². The molecule has 46 heavy (non-hydrogen) atoms. The van der Waals surface area contributed by atoms with Gasteiger partial charge >= 0.3 is 0 Å². The van der Waals surface area contributed by atoms with Gasteiger partial charge in [-0.2, -0.15) is 0 Å². The average molecular weight is 626 g/mol. The summed E-state index contributed by atoms with van der Waals surface area (Å²) >= 11 is 0. The summed E-state index contributed by atoms with van der Waals surface area (Å²) in [6.07, 6.45) is 4.89.